The maximum absolute atomic E-state index is 12.7. The van der Waals surface area contributed by atoms with E-state index in [0.717, 1.165) is 25.9 Å². The highest BCUT2D eigenvalue weighted by Crippen LogP contribution is 2.36. The van der Waals surface area contributed by atoms with Crippen molar-refractivity contribution in [3.63, 3.8) is 0 Å². The average Bonchev–Trinajstić information content (AvgIpc) is 2.46. The largest absolute Gasteiger partial charge is 0.493 e. The fourth-order valence-electron chi connectivity index (χ4n) is 2.50. The molecular formula is C14H21BrN2O4S. The molecular weight excluding hydrogens is 372 g/mol. The summed E-state index contributed by atoms with van der Waals surface area (Å²) in [6.07, 6.45) is 1.49. The molecule has 8 heteroatoms. The van der Waals surface area contributed by atoms with Crippen molar-refractivity contribution in [2.45, 2.75) is 30.2 Å². The van der Waals surface area contributed by atoms with Crippen LogP contribution in [-0.4, -0.2) is 41.3 Å². The van der Waals surface area contributed by atoms with Gasteiger partial charge in [-0.05, 0) is 54.9 Å². The number of benzene rings is 1. The Kier molecular flexibility index (Phi) is 5.37. The third-order valence-corrected chi connectivity index (χ3v) is 6.41. The van der Waals surface area contributed by atoms with Gasteiger partial charge in [-0.3, -0.25) is 0 Å². The van der Waals surface area contributed by atoms with E-state index >= 15 is 0 Å². The van der Waals surface area contributed by atoms with Crippen molar-refractivity contribution in [3.05, 3.63) is 16.6 Å². The normalized spacial score (nSPS) is 18.0. The molecule has 2 rings (SSSR count). The van der Waals surface area contributed by atoms with Gasteiger partial charge in [0.05, 0.1) is 14.2 Å². The van der Waals surface area contributed by atoms with Crippen molar-refractivity contribution in [1.29, 1.82) is 0 Å². The lowest BCUT2D eigenvalue weighted by molar-refractivity contribution is 0.307. The first-order valence-corrected chi connectivity index (χ1v) is 9.25. The molecule has 1 aromatic carbocycles. The van der Waals surface area contributed by atoms with Crippen LogP contribution in [0.2, 0.25) is 0 Å². The Morgan fingerprint density at radius 2 is 1.73 bits per heavy atom. The van der Waals surface area contributed by atoms with Crippen LogP contribution in [0.25, 0.3) is 0 Å². The molecule has 0 aliphatic carbocycles. The molecule has 0 bridgehead atoms. The summed E-state index contributed by atoms with van der Waals surface area (Å²) in [5, 5.41) is 3.23. The van der Waals surface area contributed by atoms with Gasteiger partial charge < -0.3 is 14.8 Å². The second-order valence-electron chi connectivity index (χ2n) is 5.55. The van der Waals surface area contributed by atoms with Crippen LogP contribution in [0.5, 0.6) is 11.5 Å². The predicted molar refractivity (Wildman–Crippen MR) is 88.1 cm³/mol. The molecule has 0 radical (unpaired) electrons. The first-order valence-electron chi connectivity index (χ1n) is 6.97. The summed E-state index contributed by atoms with van der Waals surface area (Å²) in [6.45, 7) is 3.53. The van der Waals surface area contributed by atoms with Crippen LogP contribution in [-0.2, 0) is 10.0 Å². The molecule has 0 spiro atoms. The van der Waals surface area contributed by atoms with Crippen LogP contribution in [0.1, 0.15) is 19.8 Å². The van der Waals surface area contributed by atoms with Crippen molar-refractivity contribution >= 4 is 26.0 Å². The van der Waals surface area contributed by atoms with Gasteiger partial charge in [-0.2, -0.15) is 0 Å². The summed E-state index contributed by atoms with van der Waals surface area (Å²) in [5.41, 5.74) is -0.448. The van der Waals surface area contributed by atoms with Crippen molar-refractivity contribution < 1.29 is 17.9 Å². The van der Waals surface area contributed by atoms with Crippen LogP contribution in [0, 0.1) is 0 Å². The minimum absolute atomic E-state index is 0.143. The molecule has 0 aromatic heterocycles. The minimum Gasteiger partial charge on any atom is -0.493 e. The topological polar surface area (TPSA) is 76.7 Å². The Balaban J connectivity index is 2.36. The Labute approximate surface area is 139 Å². The van der Waals surface area contributed by atoms with Gasteiger partial charge in [0.1, 0.15) is 4.90 Å². The lowest BCUT2D eigenvalue weighted by Crippen LogP contribution is -2.52. The number of hydrogen-bond donors (Lipinski definition) is 2. The first-order chi connectivity index (χ1) is 10.3. The van der Waals surface area contributed by atoms with Crippen LogP contribution in [0.15, 0.2) is 21.5 Å². The van der Waals surface area contributed by atoms with Crippen molar-refractivity contribution in [3.8, 4) is 11.5 Å². The highest BCUT2D eigenvalue weighted by molar-refractivity contribution is 9.10. The van der Waals surface area contributed by atoms with E-state index in [2.05, 4.69) is 26.0 Å². The molecule has 1 aliphatic heterocycles. The maximum Gasteiger partial charge on any atom is 0.242 e. The second-order valence-corrected chi connectivity index (χ2v) is 8.06. The summed E-state index contributed by atoms with van der Waals surface area (Å²) in [5.74, 6) is 0.850. The van der Waals surface area contributed by atoms with Gasteiger partial charge in [0, 0.05) is 16.1 Å². The number of ether oxygens (including phenoxy) is 2. The van der Waals surface area contributed by atoms with Crippen molar-refractivity contribution in [2.75, 3.05) is 27.3 Å². The smallest absolute Gasteiger partial charge is 0.242 e. The Morgan fingerprint density at radius 1 is 1.18 bits per heavy atom. The van der Waals surface area contributed by atoms with Gasteiger partial charge in [-0.1, -0.05) is 0 Å². The SMILES string of the molecule is COc1cc(Br)c(S(=O)(=O)NC2(C)CCNCC2)cc1OC. The molecule has 1 aromatic rings. The van der Waals surface area contributed by atoms with Gasteiger partial charge in [-0.15, -0.1) is 0 Å². The van der Waals surface area contributed by atoms with Crippen LogP contribution in [0.4, 0.5) is 0 Å². The van der Waals surface area contributed by atoms with Crippen LogP contribution >= 0.6 is 15.9 Å². The monoisotopic (exact) mass is 392 g/mol. The summed E-state index contributed by atoms with van der Waals surface area (Å²) in [6, 6.07) is 3.06. The lowest BCUT2D eigenvalue weighted by Gasteiger charge is -2.34. The maximum atomic E-state index is 12.7. The number of methoxy groups -OCH3 is 2. The van der Waals surface area contributed by atoms with E-state index in [1.165, 1.54) is 20.3 Å². The molecule has 0 unspecified atom stereocenters. The van der Waals surface area contributed by atoms with Gasteiger partial charge >= 0.3 is 0 Å². The molecule has 1 saturated heterocycles. The Bertz CT molecular complexity index is 642. The molecule has 6 nitrogen and oxygen atoms in total. The zero-order chi connectivity index (χ0) is 16.4. The highest BCUT2D eigenvalue weighted by atomic mass is 79.9. The van der Waals surface area contributed by atoms with E-state index in [-0.39, 0.29) is 4.90 Å². The quantitative estimate of drug-likeness (QED) is 0.799. The fourth-order valence-corrected chi connectivity index (χ4v) is 5.00. The Morgan fingerprint density at radius 3 is 2.27 bits per heavy atom. The van der Waals surface area contributed by atoms with Crippen molar-refractivity contribution in [2.24, 2.45) is 0 Å². The summed E-state index contributed by atoms with van der Waals surface area (Å²) < 4.78 is 39.1. The molecule has 124 valence electrons. The number of hydrogen-bond acceptors (Lipinski definition) is 5. The van der Waals surface area contributed by atoms with Gasteiger partial charge in [0.2, 0.25) is 10.0 Å². The van der Waals surface area contributed by atoms with Crippen LogP contribution < -0.4 is 19.5 Å². The minimum atomic E-state index is -3.67. The summed E-state index contributed by atoms with van der Waals surface area (Å²) >= 11 is 3.30. The molecule has 1 aliphatic rings. The summed E-state index contributed by atoms with van der Waals surface area (Å²) in [4.78, 5) is 0.143. The van der Waals surface area contributed by atoms with E-state index in [4.69, 9.17) is 9.47 Å². The number of nitrogens with one attached hydrogen (secondary N) is 2. The van der Waals surface area contributed by atoms with Gasteiger partial charge in [-0.25, -0.2) is 13.1 Å². The van der Waals surface area contributed by atoms with E-state index in [0.29, 0.717) is 16.0 Å². The van der Waals surface area contributed by atoms with E-state index < -0.39 is 15.6 Å². The molecule has 1 fully saturated rings. The molecule has 2 N–H and O–H groups in total. The Hall–Kier alpha value is -0.830. The molecule has 0 amide bonds. The first kappa shape index (κ1) is 17.5. The van der Waals surface area contributed by atoms with Crippen LogP contribution in [0.3, 0.4) is 0 Å². The fraction of sp³-hybridized carbons (Fsp3) is 0.571. The lowest BCUT2D eigenvalue weighted by atomic mass is 9.92. The average molecular weight is 393 g/mol. The summed E-state index contributed by atoms with van der Waals surface area (Å²) in [7, 11) is -0.684. The van der Waals surface area contributed by atoms with E-state index in [9.17, 15) is 8.42 Å². The molecule has 0 saturated carbocycles. The van der Waals surface area contributed by atoms with Gasteiger partial charge in [0.25, 0.3) is 0 Å². The predicted octanol–water partition coefficient (Wildman–Crippen LogP) is 1.89. The van der Waals surface area contributed by atoms with E-state index in [1.807, 2.05) is 6.92 Å². The highest BCUT2D eigenvalue weighted by Gasteiger charge is 2.33. The zero-order valence-corrected chi connectivity index (χ0v) is 15.3. The number of sulfonamides is 1. The molecule has 0 atom stereocenters. The molecule has 22 heavy (non-hydrogen) atoms. The third-order valence-electron chi connectivity index (χ3n) is 3.82. The number of halogens is 1. The third kappa shape index (κ3) is 3.73. The number of rotatable bonds is 5. The number of piperidine rings is 1. The zero-order valence-electron chi connectivity index (χ0n) is 12.9. The standard InChI is InChI=1S/C14H21BrN2O4S/c1-14(4-6-16-7-5-14)17-22(18,19)13-9-12(21-3)11(20-2)8-10(13)15/h8-9,16-17H,4-7H2,1-3H3. The second kappa shape index (κ2) is 6.74. The van der Waals surface area contributed by atoms with Crippen molar-refractivity contribution in [1.82, 2.24) is 10.0 Å². The molecule has 1 heterocycles. The van der Waals surface area contributed by atoms with Gasteiger partial charge in [0.15, 0.2) is 11.5 Å². The van der Waals surface area contributed by atoms with E-state index in [1.54, 1.807) is 6.07 Å².